The van der Waals surface area contributed by atoms with E-state index in [1.807, 2.05) is 0 Å². The Bertz CT molecular complexity index is 298. The summed E-state index contributed by atoms with van der Waals surface area (Å²) in [6.45, 7) is 4.42. The van der Waals surface area contributed by atoms with E-state index >= 15 is 0 Å². The van der Waals surface area contributed by atoms with Crippen LogP contribution in [0.4, 0.5) is 0 Å². The molecule has 2 atom stereocenters. The fraction of sp³-hybridized carbons (Fsp3) is 0.538. The van der Waals surface area contributed by atoms with E-state index in [0.717, 1.165) is 17.3 Å². The average molecular weight is 270 g/mol. The Labute approximate surface area is 101 Å². The molecule has 0 heterocycles. The van der Waals surface area contributed by atoms with Crippen LogP contribution in [0, 0.1) is 0 Å². The Morgan fingerprint density at radius 2 is 2.07 bits per heavy atom. The van der Waals surface area contributed by atoms with Gasteiger partial charge in [-0.25, -0.2) is 0 Å². The minimum Gasteiger partial charge on any atom is -0.328 e. The van der Waals surface area contributed by atoms with Crippen molar-refractivity contribution in [2.45, 2.75) is 45.1 Å². The molecule has 0 bridgehead atoms. The Kier molecular flexibility index (Phi) is 5.34. The van der Waals surface area contributed by atoms with Gasteiger partial charge in [0.15, 0.2) is 0 Å². The summed E-state index contributed by atoms with van der Waals surface area (Å²) in [6.07, 6.45) is 3.36. The highest BCUT2D eigenvalue weighted by Gasteiger charge is 2.07. The van der Waals surface area contributed by atoms with E-state index < -0.39 is 0 Å². The summed E-state index contributed by atoms with van der Waals surface area (Å²) in [4.78, 5) is 0. The van der Waals surface area contributed by atoms with Crippen molar-refractivity contribution in [3.05, 3.63) is 34.3 Å². The zero-order valence-corrected chi connectivity index (χ0v) is 11.1. The SMILES string of the molecule is CCC(N)CCC(C)c1cccc(Br)c1. The predicted molar refractivity (Wildman–Crippen MR) is 70.1 cm³/mol. The van der Waals surface area contributed by atoms with Crippen molar-refractivity contribution >= 4 is 15.9 Å². The third-order valence-electron chi connectivity index (χ3n) is 2.91. The normalized spacial score (nSPS) is 14.9. The van der Waals surface area contributed by atoms with Gasteiger partial charge in [0.2, 0.25) is 0 Å². The molecule has 0 aromatic heterocycles. The second-order valence-corrected chi connectivity index (χ2v) is 5.12. The summed E-state index contributed by atoms with van der Waals surface area (Å²) in [6, 6.07) is 8.90. The van der Waals surface area contributed by atoms with E-state index in [9.17, 15) is 0 Å². The van der Waals surface area contributed by atoms with Crippen molar-refractivity contribution in [3.8, 4) is 0 Å². The predicted octanol–water partition coefficient (Wildman–Crippen LogP) is 4.07. The second kappa shape index (κ2) is 6.29. The molecule has 0 amide bonds. The van der Waals surface area contributed by atoms with Crippen LogP contribution < -0.4 is 5.73 Å². The highest BCUT2D eigenvalue weighted by molar-refractivity contribution is 9.10. The standard InChI is InChI=1S/C13H20BrN/c1-3-13(15)8-7-10(2)11-5-4-6-12(14)9-11/h4-6,9-10,13H,3,7-8,15H2,1-2H3. The lowest BCUT2D eigenvalue weighted by atomic mass is 9.94. The molecule has 0 aliphatic carbocycles. The molecule has 0 saturated carbocycles. The lowest BCUT2D eigenvalue weighted by Crippen LogP contribution is -2.18. The molecule has 0 spiro atoms. The van der Waals surface area contributed by atoms with Crippen LogP contribution in [0.2, 0.25) is 0 Å². The Balaban J connectivity index is 2.50. The lowest BCUT2D eigenvalue weighted by molar-refractivity contribution is 0.530. The van der Waals surface area contributed by atoms with E-state index in [0.29, 0.717) is 12.0 Å². The first kappa shape index (κ1) is 12.7. The fourth-order valence-electron chi connectivity index (χ4n) is 1.65. The van der Waals surface area contributed by atoms with Gasteiger partial charge in [0.25, 0.3) is 0 Å². The van der Waals surface area contributed by atoms with Crippen LogP contribution in [0.25, 0.3) is 0 Å². The third kappa shape index (κ3) is 4.35. The Morgan fingerprint density at radius 3 is 2.67 bits per heavy atom. The first-order valence-electron chi connectivity index (χ1n) is 5.64. The van der Waals surface area contributed by atoms with Crippen LogP contribution in [-0.4, -0.2) is 6.04 Å². The quantitative estimate of drug-likeness (QED) is 0.857. The molecular weight excluding hydrogens is 250 g/mol. The molecule has 0 aliphatic heterocycles. The molecule has 15 heavy (non-hydrogen) atoms. The summed E-state index contributed by atoms with van der Waals surface area (Å²) in [5.41, 5.74) is 7.32. The van der Waals surface area contributed by atoms with Crippen LogP contribution in [0.15, 0.2) is 28.7 Å². The van der Waals surface area contributed by atoms with Crippen molar-refractivity contribution < 1.29 is 0 Å². The number of rotatable bonds is 5. The van der Waals surface area contributed by atoms with E-state index in [4.69, 9.17) is 5.73 Å². The fourth-order valence-corrected chi connectivity index (χ4v) is 2.06. The van der Waals surface area contributed by atoms with Crippen molar-refractivity contribution in [3.63, 3.8) is 0 Å². The van der Waals surface area contributed by atoms with Crippen molar-refractivity contribution in [1.29, 1.82) is 0 Å². The smallest absolute Gasteiger partial charge is 0.0178 e. The maximum atomic E-state index is 5.92. The number of halogens is 1. The van der Waals surface area contributed by atoms with Gasteiger partial charge in [-0.3, -0.25) is 0 Å². The van der Waals surface area contributed by atoms with Crippen LogP contribution in [0.5, 0.6) is 0 Å². The molecule has 1 aromatic carbocycles. The molecule has 2 N–H and O–H groups in total. The molecule has 84 valence electrons. The molecule has 0 aliphatic rings. The van der Waals surface area contributed by atoms with E-state index in [1.165, 1.54) is 12.0 Å². The molecule has 1 aromatic rings. The van der Waals surface area contributed by atoms with Crippen LogP contribution in [0.1, 0.15) is 44.6 Å². The Morgan fingerprint density at radius 1 is 1.33 bits per heavy atom. The second-order valence-electron chi connectivity index (χ2n) is 4.20. The highest BCUT2D eigenvalue weighted by Crippen LogP contribution is 2.24. The van der Waals surface area contributed by atoms with Gasteiger partial charge in [-0.1, -0.05) is 41.9 Å². The van der Waals surface area contributed by atoms with Crippen molar-refractivity contribution in [1.82, 2.24) is 0 Å². The van der Waals surface area contributed by atoms with E-state index in [-0.39, 0.29) is 0 Å². The van der Waals surface area contributed by atoms with Gasteiger partial charge in [-0.05, 0) is 42.9 Å². The van der Waals surface area contributed by atoms with Gasteiger partial charge in [0.05, 0.1) is 0 Å². The number of hydrogen-bond acceptors (Lipinski definition) is 1. The third-order valence-corrected chi connectivity index (χ3v) is 3.41. The monoisotopic (exact) mass is 269 g/mol. The molecule has 2 heteroatoms. The minimum atomic E-state index is 0.361. The largest absolute Gasteiger partial charge is 0.328 e. The zero-order valence-electron chi connectivity index (χ0n) is 9.54. The van der Waals surface area contributed by atoms with Crippen LogP contribution in [-0.2, 0) is 0 Å². The molecule has 2 unspecified atom stereocenters. The number of benzene rings is 1. The average Bonchev–Trinajstić information content (AvgIpc) is 2.25. The van der Waals surface area contributed by atoms with Crippen LogP contribution >= 0.6 is 15.9 Å². The van der Waals surface area contributed by atoms with E-state index in [2.05, 4.69) is 54.0 Å². The van der Waals surface area contributed by atoms with Gasteiger partial charge in [0.1, 0.15) is 0 Å². The van der Waals surface area contributed by atoms with Crippen molar-refractivity contribution in [2.24, 2.45) is 5.73 Å². The molecule has 0 saturated heterocycles. The van der Waals surface area contributed by atoms with E-state index in [1.54, 1.807) is 0 Å². The maximum absolute atomic E-state index is 5.92. The summed E-state index contributed by atoms with van der Waals surface area (Å²) in [7, 11) is 0. The Hall–Kier alpha value is -0.340. The summed E-state index contributed by atoms with van der Waals surface area (Å²) in [5, 5.41) is 0. The van der Waals surface area contributed by atoms with Gasteiger partial charge in [-0.15, -0.1) is 0 Å². The van der Waals surface area contributed by atoms with Gasteiger partial charge >= 0.3 is 0 Å². The summed E-state index contributed by atoms with van der Waals surface area (Å²) in [5.74, 6) is 0.597. The van der Waals surface area contributed by atoms with Crippen LogP contribution in [0.3, 0.4) is 0 Å². The lowest BCUT2D eigenvalue weighted by Gasteiger charge is -2.14. The number of nitrogens with two attached hydrogens (primary N) is 1. The van der Waals surface area contributed by atoms with Crippen molar-refractivity contribution in [2.75, 3.05) is 0 Å². The van der Waals surface area contributed by atoms with Gasteiger partial charge in [-0.2, -0.15) is 0 Å². The number of hydrogen-bond donors (Lipinski definition) is 1. The minimum absolute atomic E-state index is 0.361. The molecule has 0 fully saturated rings. The maximum Gasteiger partial charge on any atom is 0.0178 e. The molecule has 0 radical (unpaired) electrons. The molecule has 1 nitrogen and oxygen atoms in total. The first-order chi connectivity index (χ1) is 7.13. The topological polar surface area (TPSA) is 26.0 Å². The molecular formula is C13H20BrN. The first-order valence-corrected chi connectivity index (χ1v) is 6.43. The molecule has 1 rings (SSSR count). The van der Waals surface area contributed by atoms with Gasteiger partial charge < -0.3 is 5.73 Å². The highest BCUT2D eigenvalue weighted by atomic mass is 79.9. The summed E-state index contributed by atoms with van der Waals surface area (Å²) < 4.78 is 1.16. The van der Waals surface area contributed by atoms with Gasteiger partial charge in [0, 0.05) is 10.5 Å². The zero-order chi connectivity index (χ0) is 11.3. The summed E-state index contributed by atoms with van der Waals surface area (Å²) >= 11 is 3.50.